The fraction of sp³-hybridized carbons (Fsp3) is 0.647. The molecule has 0 aromatic carbocycles. The summed E-state index contributed by atoms with van der Waals surface area (Å²) in [6.07, 6.45) is -0.0109. The van der Waals surface area contributed by atoms with Crippen LogP contribution in [0.1, 0.15) is 32.1 Å². The average molecular weight is 445 g/mol. The number of aliphatic hydroxyl groups excluding tert-OH is 1. The van der Waals surface area contributed by atoms with Gasteiger partial charge in [-0.1, -0.05) is 0 Å². The molecule has 1 fully saturated rings. The summed E-state index contributed by atoms with van der Waals surface area (Å²) in [5.41, 5.74) is 5.09. The molecule has 1 saturated heterocycles. The number of nitrogens with two attached hydrogens (primary N) is 1. The number of primary amides is 1. The molecule has 14 nitrogen and oxygen atoms in total. The second kappa shape index (κ2) is 12.4. The maximum atomic E-state index is 12.6. The summed E-state index contributed by atoms with van der Waals surface area (Å²) in [7, 11) is 0. The van der Waals surface area contributed by atoms with E-state index in [1.54, 1.807) is 0 Å². The first-order valence-corrected chi connectivity index (χ1v) is 9.53. The van der Waals surface area contributed by atoms with E-state index in [1.165, 1.54) is 0 Å². The summed E-state index contributed by atoms with van der Waals surface area (Å²) in [5.74, 6) is -6.35. The van der Waals surface area contributed by atoms with Gasteiger partial charge in [0.05, 0.1) is 19.1 Å². The van der Waals surface area contributed by atoms with Crippen molar-refractivity contribution in [3.8, 4) is 0 Å². The second-order valence-electron chi connectivity index (χ2n) is 6.96. The van der Waals surface area contributed by atoms with Crippen LogP contribution in [0.2, 0.25) is 0 Å². The van der Waals surface area contributed by atoms with E-state index in [-0.39, 0.29) is 12.8 Å². The van der Waals surface area contributed by atoms with Crippen LogP contribution >= 0.6 is 0 Å². The van der Waals surface area contributed by atoms with E-state index in [9.17, 15) is 33.9 Å². The third kappa shape index (κ3) is 8.96. The van der Waals surface area contributed by atoms with Gasteiger partial charge in [0.15, 0.2) is 0 Å². The Morgan fingerprint density at radius 2 is 1.58 bits per heavy atom. The van der Waals surface area contributed by atoms with E-state index >= 15 is 0 Å². The Morgan fingerprint density at radius 3 is 2.06 bits per heavy atom. The second-order valence-corrected chi connectivity index (χ2v) is 6.96. The third-order valence-electron chi connectivity index (χ3n) is 4.50. The number of aliphatic hydroxyl groups is 1. The molecule has 0 radical (unpaired) electrons. The van der Waals surface area contributed by atoms with Gasteiger partial charge >= 0.3 is 11.9 Å². The highest BCUT2D eigenvalue weighted by atomic mass is 16.4. The van der Waals surface area contributed by atoms with Crippen molar-refractivity contribution in [3.05, 3.63) is 0 Å². The van der Waals surface area contributed by atoms with Crippen LogP contribution in [0.25, 0.3) is 0 Å². The zero-order valence-electron chi connectivity index (χ0n) is 16.6. The molecule has 31 heavy (non-hydrogen) atoms. The number of carbonyl (C=O) groups excluding carboxylic acids is 4. The Morgan fingerprint density at radius 1 is 0.968 bits per heavy atom. The van der Waals surface area contributed by atoms with Gasteiger partial charge in [0.2, 0.25) is 23.6 Å². The van der Waals surface area contributed by atoms with E-state index in [4.69, 9.17) is 15.9 Å². The molecule has 1 rings (SSSR count). The van der Waals surface area contributed by atoms with Gasteiger partial charge in [-0.25, -0.2) is 4.79 Å². The van der Waals surface area contributed by atoms with Gasteiger partial charge in [-0.2, -0.15) is 0 Å². The van der Waals surface area contributed by atoms with Crippen LogP contribution < -0.4 is 27.0 Å². The molecule has 1 aliphatic heterocycles. The summed E-state index contributed by atoms with van der Waals surface area (Å²) < 4.78 is 0. The van der Waals surface area contributed by atoms with E-state index in [0.29, 0.717) is 13.0 Å². The van der Waals surface area contributed by atoms with Gasteiger partial charge in [0, 0.05) is 6.42 Å². The number of amides is 4. The maximum absolute atomic E-state index is 12.6. The zero-order chi connectivity index (χ0) is 23.6. The van der Waals surface area contributed by atoms with Crippen LogP contribution in [0.15, 0.2) is 0 Å². The molecule has 0 aliphatic carbocycles. The monoisotopic (exact) mass is 445 g/mol. The Kier molecular flexibility index (Phi) is 10.3. The summed E-state index contributed by atoms with van der Waals surface area (Å²) in [6, 6.07) is -5.18. The lowest BCUT2D eigenvalue weighted by molar-refractivity contribution is -0.147. The van der Waals surface area contributed by atoms with Crippen LogP contribution in [-0.2, 0) is 28.8 Å². The van der Waals surface area contributed by atoms with E-state index < -0.39 is 72.8 Å². The predicted molar refractivity (Wildman–Crippen MR) is 102 cm³/mol. The van der Waals surface area contributed by atoms with Crippen LogP contribution in [0, 0.1) is 0 Å². The van der Waals surface area contributed by atoms with Gasteiger partial charge in [0.1, 0.15) is 18.1 Å². The number of carbonyl (C=O) groups is 6. The number of nitrogens with one attached hydrogen (secondary N) is 4. The van der Waals surface area contributed by atoms with Gasteiger partial charge < -0.3 is 42.3 Å². The van der Waals surface area contributed by atoms with Crippen molar-refractivity contribution >= 4 is 35.6 Å². The Labute approximate surface area is 176 Å². The van der Waals surface area contributed by atoms with Gasteiger partial charge in [-0.05, 0) is 25.8 Å². The minimum Gasteiger partial charge on any atom is -0.481 e. The number of hydrogen-bond donors (Lipinski definition) is 8. The van der Waals surface area contributed by atoms with Crippen LogP contribution in [0.5, 0.6) is 0 Å². The maximum Gasteiger partial charge on any atom is 0.326 e. The fourth-order valence-electron chi connectivity index (χ4n) is 2.85. The van der Waals surface area contributed by atoms with E-state index in [0.717, 1.165) is 6.42 Å². The number of carboxylic acids is 2. The van der Waals surface area contributed by atoms with Gasteiger partial charge in [0.25, 0.3) is 0 Å². The normalized spacial score (nSPS) is 18.3. The lowest BCUT2D eigenvalue weighted by Gasteiger charge is -2.24. The fourth-order valence-corrected chi connectivity index (χ4v) is 2.85. The highest BCUT2D eigenvalue weighted by Crippen LogP contribution is 2.07. The Balaban J connectivity index is 2.82. The molecule has 9 N–H and O–H groups in total. The van der Waals surface area contributed by atoms with Crippen molar-refractivity contribution in [3.63, 3.8) is 0 Å². The first kappa shape index (κ1) is 25.8. The number of carboxylic acid groups (broad SMARTS) is 2. The molecule has 0 aromatic heterocycles. The quantitative estimate of drug-likeness (QED) is 0.137. The molecular weight excluding hydrogens is 418 g/mol. The zero-order valence-corrected chi connectivity index (χ0v) is 16.6. The molecule has 174 valence electrons. The molecule has 0 bridgehead atoms. The molecule has 0 saturated carbocycles. The van der Waals surface area contributed by atoms with Gasteiger partial charge in [-0.3, -0.25) is 24.0 Å². The summed E-state index contributed by atoms with van der Waals surface area (Å²) in [4.78, 5) is 70.0. The van der Waals surface area contributed by atoms with E-state index in [2.05, 4.69) is 16.0 Å². The van der Waals surface area contributed by atoms with Crippen molar-refractivity contribution in [2.75, 3.05) is 13.2 Å². The standard InChI is InChI=1S/C17H27N5O9/c18-12(24)4-3-9(20-14(27)8-2-1-5-19-8)15(28)22-11(7-23)16(29)21-10(17(30)31)6-13(25)26/h8-11,19,23H,1-7H2,(H2,18,24)(H,20,27)(H,21,29)(H,22,28)(H,25,26)(H,30,31). The highest BCUT2D eigenvalue weighted by molar-refractivity contribution is 5.95. The summed E-state index contributed by atoms with van der Waals surface area (Å²) in [5, 5.41) is 36.6. The molecular formula is C17H27N5O9. The van der Waals surface area contributed by atoms with Crippen molar-refractivity contribution in [2.24, 2.45) is 5.73 Å². The lowest BCUT2D eigenvalue weighted by Crippen LogP contribution is -2.58. The molecule has 0 aromatic rings. The number of aliphatic carboxylic acids is 2. The number of rotatable bonds is 13. The number of hydrogen-bond acceptors (Lipinski definition) is 8. The predicted octanol–water partition coefficient (Wildman–Crippen LogP) is -3.99. The Bertz CT molecular complexity index is 708. The van der Waals surface area contributed by atoms with Crippen LogP contribution in [-0.4, -0.2) is 88.2 Å². The molecule has 4 unspecified atom stereocenters. The SMILES string of the molecule is NC(=O)CCC(NC(=O)C1CCCN1)C(=O)NC(CO)C(=O)NC(CC(=O)O)C(=O)O. The first-order chi connectivity index (χ1) is 14.5. The van der Waals surface area contributed by atoms with Crippen molar-refractivity contribution in [1.29, 1.82) is 0 Å². The van der Waals surface area contributed by atoms with Crippen molar-refractivity contribution < 1.29 is 44.1 Å². The lowest BCUT2D eigenvalue weighted by atomic mass is 10.1. The topological polar surface area (TPSA) is 237 Å². The first-order valence-electron chi connectivity index (χ1n) is 9.53. The van der Waals surface area contributed by atoms with Crippen molar-refractivity contribution in [2.45, 2.75) is 56.3 Å². The smallest absolute Gasteiger partial charge is 0.326 e. The summed E-state index contributed by atoms with van der Waals surface area (Å²) in [6.45, 7) is -0.304. The third-order valence-corrected chi connectivity index (χ3v) is 4.50. The molecule has 4 amide bonds. The molecule has 0 spiro atoms. The largest absolute Gasteiger partial charge is 0.481 e. The minimum absolute atomic E-state index is 0.170. The average Bonchev–Trinajstić information content (AvgIpc) is 3.22. The minimum atomic E-state index is -1.78. The summed E-state index contributed by atoms with van der Waals surface area (Å²) >= 11 is 0. The molecule has 1 heterocycles. The molecule has 4 atom stereocenters. The Hall–Kier alpha value is -3.26. The van der Waals surface area contributed by atoms with E-state index in [1.807, 2.05) is 5.32 Å². The van der Waals surface area contributed by atoms with Crippen LogP contribution in [0.3, 0.4) is 0 Å². The van der Waals surface area contributed by atoms with Gasteiger partial charge in [-0.15, -0.1) is 0 Å². The molecule has 1 aliphatic rings. The highest BCUT2D eigenvalue weighted by Gasteiger charge is 2.31. The van der Waals surface area contributed by atoms with Crippen molar-refractivity contribution in [1.82, 2.24) is 21.3 Å². The molecule has 14 heteroatoms. The van der Waals surface area contributed by atoms with Crippen LogP contribution in [0.4, 0.5) is 0 Å².